The minimum absolute atomic E-state index is 0.153. The summed E-state index contributed by atoms with van der Waals surface area (Å²) in [4.78, 5) is 12.7. The van der Waals surface area contributed by atoms with E-state index in [0.29, 0.717) is 18.7 Å². The summed E-state index contributed by atoms with van der Waals surface area (Å²) in [5.74, 6) is 1.50. The van der Waals surface area contributed by atoms with Gasteiger partial charge in [-0.3, -0.25) is 15.0 Å². The zero-order chi connectivity index (χ0) is 15.5. The molecule has 0 atom stereocenters. The van der Waals surface area contributed by atoms with Gasteiger partial charge in [0.05, 0.1) is 4.92 Å². The van der Waals surface area contributed by atoms with Gasteiger partial charge in [0.25, 0.3) is 5.69 Å². The normalized spacial score (nSPS) is 12.6. The van der Waals surface area contributed by atoms with Crippen LogP contribution in [0.4, 0.5) is 5.69 Å². The highest BCUT2D eigenvalue weighted by Crippen LogP contribution is 2.32. The average molecular weight is 300 g/mol. The lowest BCUT2D eigenvalue weighted by molar-refractivity contribution is -0.385. The minimum Gasteiger partial charge on any atom is -0.454 e. The third-order valence-electron chi connectivity index (χ3n) is 3.52. The van der Waals surface area contributed by atoms with Gasteiger partial charge in [0, 0.05) is 24.7 Å². The second-order valence-electron chi connectivity index (χ2n) is 5.25. The number of hydrogen-bond donors (Lipinski definition) is 0. The van der Waals surface area contributed by atoms with Gasteiger partial charge in [0.1, 0.15) is 0 Å². The Morgan fingerprint density at radius 2 is 1.91 bits per heavy atom. The molecule has 0 saturated heterocycles. The molecular formula is C16H16N2O4. The van der Waals surface area contributed by atoms with Crippen molar-refractivity contribution in [1.29, 1.82) is 0 Å². The first kappa shape index (κ1) is 14.3. The van der Waals surface area contributed by atoms with Crippen molar-refractivity contribution < 1.29 is 14.4 Å². The van der Waals surface area contributed by atoms with Crippen molar-refractivity contribution >= 4 is 5.69 Å². The van der Waals surface area contributed by atoms with Gasteiger partial charge in [-0.1, -0.05) is 24.3 Å². The van der Waals surface area contributed by atoms with Crippen LogP contribution >= 0.6 is 0 Å². The number of ether oxygens (including phenoxy) is 2. The molecule has 0 amide bonds. The zero-order valence-electron chi connectivity index (χ0n) is 12.2. The van der Waals surface area contributed by atoms with E-state index >= 15 is 0 Å². The maximum Gasteiger partial charge on any atom is 0.273 e. The lowest BCUT2D eigenvalue weighted by Crippen LogP contribution is -2.18. The molecule has 0 aromatic heterocycles. The van der Waals surface area contributed by atoms with E-state index in [2.05, 4.69) is 0 Å². The van der Waals surface area contributed by atoms with Crippen LogP contribution in [0.15, 0.2) is 42.5 Å². The van der Waals surface area contributed by atoms with Gasteiger partial charge >= 0.3 is 0 Å². The summed E-state index contributed by atoms with van der Waals surface area (Å²) in [5, 5.41) is 11.0. The lowest BCUT2D eigenvalue weighted by atomic mass is 10.1. The molecule has 1 heterocycles. The van der Waals surface area contributed by atoms with Gasteiger partial charge in [0.2, 0.25) is 6.79 Å². The Balaban J connectivity index is 1.70. The van der Waals surface area contributed by atoms with Crippen LogP contribution in [0.2, 0.25) is 0 Å². The highest BCUT2D eigenvalue weighted by molar-refractivity contribution is 5.44. The Kier molecular flexibility index (Phi) is 3.93. The van der Waals surface area contributed by atoms with Gasteiger partial charge in [-0.2, -0.15) is 0 Å². The van der Waals surface area contributed by atoms with Gasteiger partial charge in [-0.05, 0) is 24.7 Å². The van der Waals surface area contributed by atoms with E-state index in [1.165, 1.54) is 6.07 Å². The van der Waals surface area contributed by atoms with Crippen molar-refractivity contribution in [1.82, 2.24) is 4.90 Å². The van der Waals surface area contributed by atoms with Crippen LogP contribution in [0.5, 0.6) is 11.5 Å². The minimum atomic E-state index is -0.344. The van der Waals surface area contributed by atoms with Crippen LogP contribution in [0.25, 0.3) is 0 Å². The first-order valence-corrected chi connectivity index (χ1v) is 6.93. The summed E-state index contributed by atoms with van der Waals surface area (Å²) in [7, 11) is 1.93. The summed E-state index contributed by atoms with van der Waals surface area (Å²) < 4.78 is 10.6. The number of fused-ring (bicyclic) bond motifs is 1. The first-order valence-electron chi connectivity index (χ1n) is 6.93. The number of para-hydroxylation sites is 1. The van der Waals surface area contributed by atoms with Crippen molar-refractivity contribution in [3.63, 3.8) is 0 Å². The summed E-state index contributed by atoms with van der Waals surface area (Å²) in [6, 6.07) is 12.6. The molecule has 2 aromatic carbocycles. The number of hydrogen-bond acceptors (Lipinski definition) is 5. The van der Waals surface area contributed by atoms with Gasteiger partial charge in [-0.25, -0.2) is 0 Å². The lowest BCUT2D eigenvalue weighted by Gasteiger charge is -2.17. The Bertz CT molecular complexity index is 702. The maximum atomic E-state index is 11.0. The largest absolute Gasteiger partial charge is 0.454 e. The topological polar surface area (TPSA) is 64.8 Å². The van der Waals surface area contributed by atoms with E-state index in [1.54, 1.807) is 12.1 Å². The molecule has 1 aliphatic rings. The van der Waals surface area contributed by atoms with Gasteiger partial charge in [-0.15, -0.1) is 0 Å². The van der Waals surface area contributed by atoms with Crippen LogP contribution < -0.4 is 9.47 Å². The molecule has 0 fully saturated rings. The smallest absolute Gasteiger partial charge is 0.273 e. The van der Waals surface area contributed by atoms with E-state index in [9.17, 15) is 10.1 Å². The maximum absolute atomic E-state index is 11.0. The van der Waals surface area contributed by atoms with E-state index in [-0.39, 0.29) is 17.4 Å². The Hall–Kier alpha value is -2.60. The molecule has 0 unspecified atom stereocenters. The van der Waals surface area contributed by atoms with E-state index in [0.717, 1.165) is 17.1 Å². The molecule has 6 nitrogen and oxygen atoms in total. The molecule has 0 N–H and O–H groups in total. The van der Waals surface area contributed by atoms with E-state index < -0.39 is 0 Å². The van der Waals surface area contributed by atoms with Crippen molar-refractivity contribution in [3.8, 4) is 11.5 Å². The average Bonchev–Trinajstić information content (AvgIpc) is 2.95. The standard InChI is InChI=1S/C16H16N2O4/c1-17(10-13-4-2-3-5-14(13)18(19)20)9-12-6-7-15-16(8-12)22-11-21-15/h2-8H,9-11H2,1H3. The molecule has 0 radical (unpaired) electrons. The van der Waals surface area contributed by atoms with E-state index in [1.807, 2.05) is 36.2 Å². The molecule has 0 saturated carbocycles. The fraction of sp³-hybridized carbons (Fsp3) is 0.250. The molecule has 0 bridgehead atoms. The molecule has 0 aliphatic carbocycles. The Morgan fingerprint density at radius 3 is 2.73 bits per heavy atom. The summed E-state index contributed by atoms with van der Waals surface area (Å²) >= 11 is 0. The second kappa shape index (κ2) is 6.03. The quantitative estimate of drug-likeness (QED) is 0.627. The van der Waals surface area contributed by atoms with Crippen molar-refractivity contribution in [3.05, 3.63) is 63.7 Å². The molecule has 6 heteroatoms. The highest BCUT2D eigenvalue weighted by atomic mass is 16.7. The Labute approximate surface area is 128 Å². The summed E-state index contributed by atoms with van der Waals surface area (Å²) in [6.07, 6.45) is 0. The second-order valence-corrected chi connectivity index (χ2v) is 5.25. The monoisotopic (exact) mass is 300 g/mol. The van der Waals surface area contributed by atoms with Gasteiger partial charge < -0.3 is 9.47 Å². The number of nitro benzene ring substituents is 1. The van der Waals surface area contributed by atoms with E-state index in [4.69, 9.17) is 9.47 Å². The summed E-state index contributed by atoms with van der Waals surface area (Å²) in [6.45, 7) is 1.43. The van der Waals surface area contributed by atoms with Crippen molar-refractivity contribution in [2.24, 2.45) is 0 Å². The number of benzene rings is 2. The third-order valence-corrected chi connectivity index (χ3v) is 3.52. The van der Waals surface area contributed by atoms with Crippen molar-refractivity contribution in [2.45, 2.75) is 13.1 Å². The fourth-order valence-corrected chi connectivity index (χ4v) is 2.52. The van der Waals surface area contributed by atoms with Gasteiger partial charge in [0.15, 0.2) is 11.5 Å². The molecule has 2 aromatic rings. The fourth-order valence-electron chi connectivity index (χ4n) is 2.52. The van der Waals surface area contributed by atoms with Crippen LogP contribution in [-0.4, -0.2) is 23.7 Å². The van der Waals surface area contributed by atoms with Crippen LogP contribution in [0, 0.1) is 10.1 Å². The molecule has 3 rings (SSSR count). The first-order chi connectivity index (χ1) is 10.6. The number of rotatable bonds is 5. The zero-order valence-corrected chi connectivity index (χ0v) is 12.2. The molecule has 0 spiro atoms. The van der Waals surface area contributed by atoms with Crippen LogP contribution in [0.1, 0.15) is 11.1 Å². The molecule has 22 heavy (non-hydrogen) atoms. The van der Waals surface area contributed by atoms with Crippen LogP contribution in [-0.2, 0) is 13.1 Å². The number of nitro groups is 1. The molecule has 1 aliphatic heterocycles. The van der Waals surface area contributed by atoms with Crippen molar-refractivity contribution in [2.75, 3.05) is 13.8 Å². The molecular weight excluding hydrogens is 284 g/mol. The SMILES string of the molecule is CN(Cc1ccc2c(c1)OCO2)Cc1ccccc1[N+](=O)[O-]. The Morgan fingerprint density at radius 1 is 1.14 bits per heavy atom. The van der Waals surface area contributed by atoms with Crippen LogP contribution in [0.3, 0.4) is 0 Å². The number of nitrogens with zero attached hydrogens (tertiary/aromatic N) is 2. The predicted molar refractivity (Wildman–Crippen MR) is 80.8 cm³/mol. The summed E-state index contributed by atoms with van der Waals surface area (Å²) in [5.41, 5.74) is 1.93. The third kappa shape index (κ3) is 3.01. The highest BCUT2D eigenvalue weighted by Gasteiger charge is 2.16. The molecule has 114 valence electrons. The predicted octanol–water partition coefficient (Wildman–Crippen LogP) is 2.96.